The van der Waals surface area contributed by atoms with Crippen LogP contribution in [0, 0.1) is 6.92 Å². The summed E-state index contributed by atoms with van der Waals surface area (Å²) in [6.45, 7) is 6.68. The number of para-hydroxylation sites is 1. The lowest BCUT2D eigenvalue weighted by Gasteiger charge is -2.24. The zero-order valence-electron chi connectivity index (χ0n) is 13.8. The smallest absolute Gasteiger partial charge is 0.270 e. The molecule has 0 bridgehead atoms. The molecular weight excluding hydrogens is 288 g/mol. The number of carbonyl (C=O) groups excluding carboxylic acids is 1. The third-order valence-corrected chi connectivity index (χ3v) is 4.05. The van der Waals surface area contributed by atoms with E-state index in [4.69, 9.17) is 0 Å². The summed E-state index contributed by atoms with van der Waals surface area (Å²) in [7, 11) is 0. The fourth-order valence-corrected chi connectivity index (χ4v) is 3.04. The average Bonchev–Trinajstić information content (AvgIpc) is 2.87. The molecule has 1 aliphatic rings. The Hall–Kier alpha value is -2.43. The molecule has 2 heterocycles. The molecule has 1 unspecified atom stereocenters. The van der Waals surface area contributed by atoms with Crippen molar-refractivity contribution in [2.24, 2.45) is 0 Å². The van der Waals surface area contributed by atoms with Crippen molar-refractivity contribution in [2.75, 3.05) is 11.4 Å². The fraction of sp³-hybridized carbons (Fsp3) is 0.389. The SMILES string of the molecule is CCCNC(=O)c1cc(N2c3ccccc3CC2C)nc(C)n1. The molecule has 120 valence electrons. The minimum Gasteiger partial charge on any atom is -0.351 e. The Bertz CT molecular complexity index is 729. The summed E-state index contributed by atoms with van der Waals surface area (Å²) in [5.74, 6) is 1.26. The van der Waals surface area contributed by atoms with E-state index in [0.29, 0.717) is 24.1 Å². The number of aryl methyl sites for hydroxylation is 1. The van der Waals surface area contributed by atoms with Crippen molar-refractivity contribution in [1.82, 2.24) is 15.3 Å². The second-order valence-electron chi connectivity index (χ2n) is 5.97. The Labute approximate surface area is 136 Å². The number of amides is 1. The first-order valence-corrected chi connectivity index (χ1v) is 8.11. The normalized spacial score (nSPS) is 16.3. The average molecular weight is 310 g/mol. The highest BCUT2D eigenvalue weighted by Crippen LogP contribution is 2.37. The van der Waals surface area contributed by atoms with Crippen molar-refractivity contribution >= 4 is 17.4 Å². The van der Waals surface area contributed by atoms with Crippen LogP contribution < -0.4 is 10.2 Å². The van der Waals surface area contributed by atoms with Gasteiger partial charge in [0.25, 0.3) is 5.91 Å². The molecule has 1 aromatic heterocycles. The number of anilines is 2. The van der Waals surface area contributed by atoms with Gasteiger partial charge < -0.3 is 10.2 Å². The molecule has 1 amide bonds. The summed E-state index contributed by atoms with van der Waals surface area (Å²) in [5.41, 5.74) is 2.91. The predicted octanol–water partition coefficient (Wildman–Crippen LogP) is 3.01. The van der Waals surface area contributed by atoms with Crippen LogP contribution in [0.15, 0.2) is 30.3 Å². The number of carbonyl (C=O) groups is 1. The molecule has 0 saturated heterocycles. The number of hydrogen-bond donors (Lipinski definition) is 1. The van der Waals surface area contributed by atoms with Gasteiger partial charge >= 0.3 is 0 Å². The van der Waals surface area contributed by atoms with Gasteiger partial charge in [-0.05, 0) is 38.3 Å². The van der Waals surface area contributed by atoms with Gasteiger partial charge in [-0.15, -0.1) is 0 Å². The van der Waals surface area contributed by atoms with E-state index in [-0.39, 0.29) is 5.91 Å². The lowest BCUT2D eigenvalue weighted by atomic mass is 10.1. The van der Waals surface area contributed by atoms with Gasteiger partial charge in [0.15, 0.2) is 0 Å². The Balaban J connectivity index is 1.97. The van der Waals surface area contributed by atoms with Gasteiger partial charge in [0, 0.05) is 24.3 Å². The van der Waals surface area contributed by atoms with Gasteiger partial charge in [0.05, 0.1) is 0 Å². The van der Waals surface area contributed by atoms with Crippen LogP contribution in [-0.2, 0) is 6.42 Å². The molecule has 1 aliphatic heterocycles. The predicted molar refractivity (Wildman–Crippen MR) is 91.1 cm³/mol. The van der Waals surface area contributed by atoms with Gasteiger partial charge in [0.1, 0.15) is 17.3 Å². The first-order chi connectivity index (χ1) is 11.1. The van der Waals surface area contributed by atoms with E-state index >= 15 is 0 Å². The number of fused-ring (bicyclic) bond motifs is 1. The molecular formula is C18H22N4O. The molecule has 0 radical (unpaired) electrons. The summed E-state index contributed by atoms with van der Waals surface area (Å²) < 4.78 is 0. The largest absolute Gasteiger partial charge is 0.351 e. The topological polar surface area (TPSA) is 58.1 Å². The molecule has 0 saturated carbocycles. The molecule has 0 aliphatic carbocycles. The quantitative estimate of drug-likeness (QED) is 0.943. The molecule has 0 spiro atoms. The first kappa shape index (κ1) is 15.5. The standard InChI is InChI=1S/C18H22N4O/c1-4-9-19-18(23)15-11-17(21-13(3)20-15)22-12(2)10-14-7-5-6-8-16(14)22/h5-8,11-12H,4,9-10H2,1-3H3,(H,19,23). The monoisotopic (exact) mass is 310 g/mol. The van der Waals surface area contributed by atoms with Crippen molar-refractivity contribution < 1.29 is 4.79 Å². The van der Waals surface area contributed by atoms with Crippen molar-refractivity contribution in [3.63, 3.8) is 0 Å². The lowest BCUT2D eigenvalue weighted by Crippen LogP contribution is -2.28. The van der Waals surface area contributed by atoms with E-state index in [1.54, 1.807) is 6.07 Å². The molecule has 1 N–H and O–H groups in total. The van der Waals surface area contributed by atoms with Crippen molar-refractivity contribution in [3.05, 3.63) is 47.4 Å². The number of hydrogen-bond acceptors (Lipinski definition) is 4. The minimum absolute atomic E-state index is 0.140. The first-order valence-electron chi connectivity index (χ1n) is 8.11. The molecule has 23 heavy (non-hydrogen) atoms. The number of benzene rings is 1. The van der Waals surface area contributed by atoms with Crippen molar-refractivity contribution in [1.29, 1.82) is 0 Å². The van der Waals surface area contributed by atoms with Gasteiger partial charge in [-0.25, -0.2) is 9.97 Å². The zero-order valence-corrected chi connectivity index (χ0v) is 13.8. The van der Waals surface area contributed by atoms with Crippen LogP contribution in [0.4, 0.5) is 11.5 Å². The van der Waals surface area contributed by atoms with Crippen LogP contribution in [0.5, 0.6) is 0 Å². The zero-order chi connectivity index (χ0) is 16.4. The Morgan fingerprint density at radius 1 is 1.35 bits per heavy atom. The van der Waals surface area contributed by atoms with E-state index in [9.17, 15) is 4.79 Å². The van der Waals surface area contributed by atoms with E-state index in [2.05, 4.69) is 45.3 Å². The maximum absolute atomic E-state index is 12.2. The maximum atomic E-state index is 12.2. The van der Waals surface area contributed by atoms with Gasteiger partial charge in [0.2, 0.25) is 0 Å². The summed E-state index contributed by atoms with van der Waals surface area (Å²) in [6, 6.07) is 10.4. The second-order valence-corrected chi connectivity index (χ2v) is 5.97. The highest BCUT2D eigenvalue weighted by atomic mass is 16.1. The third-order valence-electron chi connectivity index (χ3n) is 4.05. The van der Waals surface area contributed by atoms with Gasteiger partial charge in [-0.1, -0.05) is 25.1 Å². The number of rotatable bonds is 4. The lowest BCUT2D eigenvalue weighted by molar-refractivity contribution is 0.0948. The summed E-state index contributed by atoms with van der Waals surface area (Å²) in [6.07, 6.45) is 1.88. The van der Waals surface area contributed by atoms with Crippen LogP contribution in [-0.4, -0.2) is 28.5 Å². The molecule has 0 fully saturated rings. The molecule has 5 heteroatoms. The van der Waals surface area contributed by atoms with Crippen LogP contribution in [0.1, 0.15) is 42.1 Å². The second kappa shape index (κ2) is 6.36. The highest BCUT2D eigenvalue weighted by molar-refractivity contribution is 5.93. The Morgan fingerprint density at radius 3 is 2.91 bits per heavy atom. The molecule has 3 rings (SSSR count). The Kier molecular flexibility index (Phi) is 4.28. The molecule has 1 aromatic carbocycles. The van der Waals surface area contributed by atoms with Crippen molar-refractivity contribution in [2.45, 2.75) is 39.7 Å². The Morgan fingerprint density at radius 2 is 2.13 bits per heavy atom. The number of nitrogens with one attached hydrogen (secondary N) is 1. The number of nitrogens with zero attached hydrogens (tertiary/aromatic N) is 3. The maximum Gasteiger partial charge on any atom is 0.270 e. The van der Waals surface area contributed by atoms with Gasteiger partial charge in [-0.3, -0.25) is 4.79 Å². The minimum atomic E-state index is -0.140. The van der Waals surface area contributed by atoms with E-state index in [1.807, 2.05) is 19.9 Å². The summed E-state index contributed by atoms with van der Waals surface area (Å²) in [4.78, 5) is 23.3. The van der Waals surface area contributed by atoms with Crippen LogP contribution >= 0.6 is 0 Å². The van der Waals surface area contributed by atoms with E-state index in [1.165, 1.54) is 5.56 Å². The summed E-state index contributed by atoms with van der Waals surface area (Å²) in [5, 5.41) is 2.88. The molecule has 2 aromatic rings. The van der Waals surface area contributed by atoms with Crippen LogP contribution in [0.2, 0.25) is 0 Å². The van der Waals surface area contributed by atoms with E-state index < -0.39 is 0 Å². The van der Waals surface area contributed by atoms with E-state index in [0.717, 1.165) is 24.3 Å². The summed E-state index contributed by atoms with van der Waals surface area (Å²) >= 11 is 0. The van der Waals surface area contributed by atoms with Gasteiger partial charge in [-0.2, -0.15) is 0 Å². The van der Waals surface area contributed by atoms with Crippen LogP contribution in [0.3, 0.4) is 0 Å². The fourth-order valence-electron chi connectivity index (χ4n) is 3.04. The number of aromatic nitrogens is 2. The molecule has 5 nitrogen and oxygen atoms in total. The molecule has 1 atom stereocenters. The third kappa shape index (κ3) is 3.04. The van der Waals surface area contributed by atoms with Crippen LogP contribution in [0.25, 0.3) is 0 Å². The van der Waals surface area contributed by atoms with Crippen molar-refractivity contribution in [3.8, 4) is 0 Å². The highest BCUT2D eigenvalue weighted by Gasteiger charge is 2.28.